The summed E-state index contributed by atoms with van der Waals surface area (Å²) in [4.78, 5) is 30.2. The molecule has 0 bridgehead atoms. The van der Waals surface area contributed by atoms with Crippen LogP contribution >= 0.6 is 0 Å². The van der Waals surface area contributed by atoms with Gasteiger partial charge in [-0.25, -0.2) is 0 Å². The van der Waals surface area contributed by atoms with Gasteiger partial charge in [0.15, 0.2) is 0 Å². The van der Waals surface area contributed by atoms with Crippen molar-refractivity contribution in [2.24, 2.45) is 15.5 Å². The molecule has 174 valence electrons. The van der Waals surface area contributed by atoms with Crippen molar-refractivity contribution in [3.8, 4) is 0 Å². The summed E-state index contributed by atoms with van der Waals surface area (Å²) in [7, 11) is 0. The van der Waals surface area contributed by atoms with Gasteiger partial charge in [-0.05, 0) is 92.6 Å². The molecule has 0 unspecified atom stereocenters. The molecule has 0 heterocycles. The Morgan fingerprint density at radius 3 is 0.871 bits per heavy atom. The Labute approximate surface area is 190 Å². The molecule has 0 aromatic rings. The molecule has 12 nitrogen and oxygen atoms in total. The van der Waals surface area contributed by atoms with Crippen molar-refractivity contribution in [1.82, 2.24) is 16.4 Å². The predicted molar refractivity (Wildman–Crippen MR) is 109 cm³/mol. The third-order valence-corrected chi connectivity index (χ3v) is 5.05. The van der Waals surface area contributed by atoms with Crippen LogP contribution in [0.3, 0.4) is 0 Å². The van der Waals surface area contributed by atoms with Crippen LogP contribution < -0.4 is 16.4 Å². The maximum absolute atomic E-state index is 10.1. The standard InChI is InChI=1S/3C6H10N2O2.Fe/c3*9-7-5-3-1-2-4-6(5)8-10;/h3*7,9H,1-4H2;/q;;;+2. The third-order valence-electron chi connectivity index (χ3n) is 5.05. The first-order valence-corrected chi connectivity index (χ1v) is 10.0. The fourth-order valence-electron chi connectivity index (χ4n) is 3.33. The molecule has 0 fully saturated rings. The zero-order valence-corrected chi connectivity index (χ0v) is 18.4. The average molecular weight is 482 g/mol. The van der Waals surface area contributed by atoms with Gasteiger partial charge in [0.1, 0.15) is 17.1 Å². The molecule has 3 aliphatic rings. The van der Waals surface area contributed by atoms with Gasteiger partial charge in [-0.15, -0.1) is 14.7 Å². The van der Waals surface area contributed by atoms with E-state index in [4.69, 9.17) is 15.6 Å². The Morgan fingerprint density at radius 1 is 0.484 bits per heavy atom. The van der Waals surface area contributed by atoms with E-state index in [0.717, 1.165) is 57.8 Å². The molecule has 0 saturated carbocycles. The smallest absolute Gasteiger partial charge is 0.291 e. The Bertz CT molecular complexity index is 592. The van der Waals surface area contributed by atoms with Crippen LogP contribution in [-0.4, -0.2) is 15.6 Å². The maximum atomic E-state index is 10.1. The van der Waals surface area contributed by atoms with E-state index in [1.54, 1.807) is 0 Å². The van der Waals surface area contributed by atoms with E-state index in [2.05, 4.69) is 15.5 Å². The van der Waals surface area contributed by atoms with Gasteiger partial charge in [0.25, 0.3) is 0 Å². The van der Waals surface area contributed by atoms with Crippen molar-refractivity contribution in [3.63, 3.8) is 0 Å². The minimum Gasteiger partial charge on any atom is -0.291 e. The molecular formula is C18H30FeN6O6+2. The van der Waals surface area contributed by atoms with Crippen molar-refractivity contribution in [2.45, 2.75) is 77.0 Å². The zero-order chi connectivity index (χ0) is 22.2. The molecule has 0 aliphatic heterocycles. The number of allylic oxidation sites excluding steroid dienone is 6. The quantitative estimate of drug-likeness (QED) is 0.179. The summed E-state index contributed by atoms with van der Waals surface area (Å²) in [6.07, 6.45) is 10.3. The molecular weight excluding hydrogens is 452 g/mol. The SMILES string of the molecule is O=NC1=C(NO)CCCC1.O=NC1=C(NO)CCCC1.O=NC1=C(NO)CCCC1.[Fe+2]. The van der Waals surface area contributed by atoms with Gasteiger partial charge >= 0.3 is 17.1 Å². The third kappa shape index (κ3) is 10.1. The van der Waals surface area contributed by atoms with Crippen LogP contribution in [0.1, 0.15) is 77.0 Å². The first kappa shape index (κ1) is 28.8. The van der Waals surface area contributed by atoms with Gasteiger partial charge < -0.3 is 0 Å². The first-order valence-electron chi connectivity index (χ1n) is 10.0. The van der Waals surface area contributed by atoms with Crippen molar-refractivity contribution in [3.05, 3.63) is 48.9 Å². The topological polar surface area (TPSA) is 185 Å². The minimum absolute atomic E-state index is 0. The number of nitrogens with zero attached hydrogens (tertiary/aromatic N) is 3. The zero-order valence-electron chi connectivity index (χ0n) is 17.2. The fraction of sp³-hybridized carbons (Fsp3) is 0.667. The van der Waals surface area contributed by atoms with Crippen molar-refractivity contribution in [1.29, 1.82) is 0 Å². The van der Waals surface area contributed by atoms with Crippen LogP contribution in [0.5, 0.6) is 0 Å². The summed E-state index contributed by atoms with van der Waals surface area (Å²) in [5, 5.41) is 33.9. The van der Waals surface area contributed by atoms with Gasteiger partial charge in [-0.1, -0.05) is 0 Å². The van der Waals surface area contributed by atoms with Crippen LogP contribution in [0, 0.1) is 14.7 Å². The van der Waals surface area contributed by atoms with E-state index in [0.29, 0.717) is 53.4 Å². The average Bonchev–Trinajstić information content (AvgIpc) is 2.84. The van der Waals surface area contributed by atoms with E-state index >= 15 is 0 Å². The summed E-state index contributed by atoms with van der Waals surface area (Å²) in [6.45, 7) is 0. The number of nitrogens with one attached hydrogen (secondary N) is 3. The number of hydroxylamine groups is 3. The van der Waals surface area contributed by atoms with Crippen LogP contribution in [0.15, 0.2) is 49.7 Å². The summed E-state index contributed by atoms with van der Waals surface area (Å²) < 4.78 is 0. The Balaban J connectivity index is 0.000000429. The molecule has 13 heteroatoms. The van der Waals surface area contributed by atoms with Gasteiger partial charge in [-0.2, -0.15) is 0 Å². The van der Waals surface area contributed by atoms with E-state index < -0.39 is 0 Å². The summed E-state index contributed by atoms with van der Waals surface area (Å²) >= 11 is 0. The second kappa shape index (κ2) is 17.5. The monoisotopic (exact) mass is 482 g/mol. The molecule has 0 aromatic heterocycles. The van der Waals surface area contributed by atoms with Crippen LogP contribution in [0.25, 0.3) is 0 Å². The van der Waals surface area contributed by atoms with Gasteiger partial charge in [-0.3, -0.25) is 32.1 Å². The Kier molecular flexibility index (Phi) is 16.3. The van der Waals surface area contributed by atoms with Crippen molar-refractivity contribution < 1.29 is 32.7 Å². The van der Waals surface area contributed by atoms with Crippen LogP contribution in [-0.2, 0) is 17.1 Å². The molecule has 0 aromatic carbocycles. The van der Waals surface area contributed by atoms with Crippen molar-refractivity contribution >= 4 is 0 Å². The second-order valence-electron chi connectivity index (χ2n) is 7.01. The molecule has 0 spiro atoms. The minimum atomic E-state index is 0. The molecule has 0 saturated heterocycles. The molecule has 0 atom stereocenters. The maximum Gasteiger partial charge on any atom is 2.00 e. The fourth-order valence-corrected chi connectivity index (χ4v) is 3.33. The number of hydrogen-bond donors (Lipinski definition) is 6. The molecule has 0 amide bonds. The van der Waals surface area contributed by atoms with Gasteiger partial charge in [0, 0.05) is 0 Å². The van der Waals surface area contributed by atoms with E-state index in [1.807, 2.05) is 16.4 Å². The first-order chi connectivity index (χ1) is 14.6. The molecule has 0 radical (unpaired) electrons. The number of hydrogen-bond acceptors (Lipinski definition) is 12. The van der Waals surface area contributed by atoms with E-state index in [1.165, 1.54) is 0 Å². The summed E-state index contributed by atoms with van der Waals surface area (Å²) in [6, 6.07) is 0. The summed E-state index contributed by atoms with van der Waals surface area (Å²) in [5.74, 6) is 0. The van der Waals surface area contributed by atoms with E-state index in [-0.39, 0.29) is 17.1 Å². The second-order valence-corrected chi connectivity index (χ2v) is 7.01. The van der Waals surface area contributed by atoms with Gasteiger partial charge in [0.05, 0.1) is 17.1 Å². The Hall–Kier alpha value is -2.18. The van der Waals surface area contributed by atoms with E-state index in [9.17, 15) is 14.7 Å². The van der Waals surface area contributed by atoms with Crippen LogP contribution in [0.2, 0.25) is 0 Å². The predicted octanol–water partition coefficient (Wildman–Crippen LogP) is 4.55. The van der Waals surface area contributed by atoms with Crippen molar-refractivity contribution in [2.75, 3.05) is 0 Å². The molecule has 3 rings (SSSR count). The molecule has 31 heavy (non-hydrogen) atoms. The molecule has 6 N–H and O–H groups in total. The number of rotatable bonds is 6. The Morgan fingerprint density at radius 2 is 0.710 bits per heavy atom. The number of nitroso groups, excluding NO2 is 3. The largest absolute Gasteiger partial charge is 2.00 e. The van der Waals surface area contributed by atoms with Crippen LogP contribution in [0.4, 0.5) is 0 Å². The normalized spacial score (nSPS) is 18.3. The molecule has 3 aliphatic carbocycles. The summed E-state index contributed by atoms with van der Waals surface area (Å²) in [5.41, 5.74) is 9.13. The van der Waals surface area contributed by atoms with Gasteiger partial charge in [0.2, 0.25) is 0 Å².